The average Bonchev–Trinajstić information content (AvgIpc) is 2.88. The second-order valence-electron chi connectivity index (χ2n) is 6.18. The zero-order valence-electron chi connectivity index (χ0n) is 12.8. The van der Waals surface area contributed by atoms with Crippen LogP contribution in [0.1, 0.15) is 64.0 Å². The van der Waals surface area contributed by atoms with Gasteiger partial charge in [0.15, 0.2) is 5.82 Å². The maximum absolute atomic E-state index is 12.2. The lowest BCUT2D eigenvalue weighted by Crippen LogP contribution is -2.47. The molecule has 0 atom stereocenters. The van der Waals surface area contributed by atoms with Gasteiger partial charge in [0.05, 0.1) is 0 Å². The molecule has 5 nitrogen and oxygen atoms in total. The molecule has 0 aliphatic heterocycles. The van der Waals surface area contributed by atoms with Gasteiger partial charge in [-0.3, -0.25) is 9.89 Å². The molecule has 1 amide bonds. The highest BCUT2D eigenvalue weighted by molar-refractivity contribution is 5.90. The highest BCUT2D eigenvalue weighted by Gasteiger charge is 2.32. The molecule has 2 rings (SSSR count). The van der Waals surface area contributed by atoms with Gasteiger partial charge in [-0.2, -0.15) is 5.10 Å². The summed E-state index contributed by atoms with van der Waals surface area (Å²) >= 11 is 0. The number of hydrogen-bond donors (Lipinski definition) is 3. The molecule has 0 bridgehead atoms. The van der Waals surface area contributed by atoms with Crippen LogP contribution < -0.4 is 10.6 Å². The van der Waals surface area contributed by atoms with Gasteiger partial charge in [0.2, 0.25) is 5.91 Å². The molecule has 1 aliphatic rings. The molecule has 0 unspecified atom stereocenters. The Hall–Kier alpha value is -1.36. The van der Waals surface area contributed by atoms with Crippen LogP contribution in [0.5, 0.6) is 0 Å². The Labute approximate surface area is 120 Å². The van der Waals surface area contributed by atoms with Gasteiger partial charge in [0.1, 0.15) is 0 Å². The topological polar surface area (TPSA) is 69.8 Å². The Kier molecular flexibility index (Phi) is 4.81. The van der Waals surface area contributed by atoms with E-state index >= 15 is 0 Å². The van der Waals surface area contributed by atoms with Crippen molar-refractivity contribution in [1.82, 2.24) is 15.5 Å². The van der Waals surface area contributed by atoms with Crippen molar-refractivity contribution in [2.45, 2.75) is 63.8 Å². The fraction of sp³-hybridized carbons (Fsp3) is 0.733. The van der Waals surface area contributed by atoms with E-state index in [0.29, 0.717) is 18.2 Å². The Morgan fingerprint density at radius 1 is 1.40 bits per heavy atom. The fourth-order valence-electron chi connectivity index (χ4n) is 2.93. The number of nitrogens with zero attached hydrogens (tertiary/aromatic N) is 1. The van der Waals surface area contributed by atoms with Crippen molar-refractivity contribution < 1.29 is 4.79 Å². The van der Waals surface area contributed by atoms with Crippen molar-refractivity contribution in [1.29, 1.82) is 0 Å². The summed E-state index contributed by atoms with van der Waals surface area (Å²) in [5.74, 6) is 1.05. The van der Waals surface area contributed by atoms with Crippen LogP contribution in [0.15, 0.2) is 6.07 Å². The molecule has 1 aromatic rings. The Morgan fingerprint density at radius 3 is 2.65 bits per heavy atom. The first-order valence-corrected chi connectivity index (χ1v) is 7.59. The van der Waals surface area contributed by atoms with Crippen molar-refractivity contribution in [2.24, 2.45) is 0 Å². The molecule has 0 aromatic carbocycles. The highest BCUT2D eigenvalue weighted by atomic mass is 16.1. The van der Waals surface area contributed by atoms with E-state index < -0.39 is 0 Å². The van der Waals surface area contributed by atoms with E-state index in [1.165, 1.54) is 19.3 Å². The second kappa shape index (κ2) is 6.39. The van der Waals surface area contributed by atoms with Gasteiger partial charge in [-0.1, -0.05) is 33.1 Å². The van der Waals surface area contributed by atoms with E-state index in [9.17, 15) is 4.79 Å². The lowest BCUT2D eigenvalue weighted by atomic mass is 9.79. The number of aromatic amines is 1. The van der Waals surface area contributed by atoms with E-state index in [-0.39, 0.29) is 11.4 Å². The quantitative estimate of drug-likeness (QED) is 0.775. The number of rotatable bonds is 5. The fourth-order valence-corrected chi connectivity index (χ4v) is 2.93. The smallest absolute Gasteiger partial charge is 0.227 e. The number of carbonyl (C=O) groups excluding carboxylic acids is 1. The first kappa shape index (κ1) is 15.0. The first-order valence-electron chi connectivity index (χ1n) is 7.59. The number of H-pyrrole nitrogens is 1. The van der Waals surface area contributed by atoms with Crippen LogP contribution in [-0.2, 0) is 4.79 Å². The Bertz CT molecular complexity index is 446. The number of amides is 1. The third kappa shape index (κ3) is 3.60. The van der Waals surface area contributed by atoms with Gasteiger partial charge in [0.25, 0.3) is 0 Å². The molecule has 3 N–H and O–H groups in total. The predicted octanol–water partition coefficient (Wildman–Crippen LogP) is 2.78. The standard InChI is InChI=1S/C15H26N4O/c1-11(2)12-9-13(19-18-12)17-14(20)10-15(16-3)7-5-4-6-8-15/h9,11,16H,4-8,10H2,1-3H3,(H2,17,18,19,20). The summed E-state index contributed by atoms with van der Waals surface area (Å²) in [5, 5.41) is 13.4. The third-order valence-corrected chi connectivity index (χ3v) is 4.33. The van der Waals surface area contributed by atoms with Gasteiger partial charge in [-0.15, -0.1) is 0 Å². The molecule has 5 heteroatoms. The maximum Gasteiger partial charge on any atom is 0.227 e. The highest BCUT2D eigenvalue weighted by Crippen LogP contribution is 2.31. The lowest BCUT2D eigenvalue weighted by molar-refractivity contribution is -0.118. The molecule has 0 saturated heterocycles. The average molecular weight is 278 g/mol. The van der Waals surface area contributed by atoms with Crippen molar-refractivity contribution in [2.75, 3.05) is 12.4 Å². The second-order valence-corrected chi connectivity index (χ2v) is 6.18. The number of hydrogen-bond acceptors (Lipinski definition) is 3. The summed E-state index contributed by atoms with van der Waals surface area (Å²) in [7, 11) is 1.96. The minimum Gasteiger partial charge on any atom is -0.314 e. The molecule has 1 fully saturated rings. The molecule has 0 spiro atoms. The molecule has 1 saturated carbocycles. The number of aromatic nitrogens is 2. The van der Waals surface area contributed by atoms with Crippen LogP contribution >= 0.6 is 0 Å². The van der Waals surface area contributed by atoms with Gasteiger partial charge in [-0.05, 0) is 25.8 Å². The number of nitrogens with one attached hydrogen (secondary N) is 3. The normalized spacial score (nSPS) is 18.2. The van der Waals surface area contributed by atoms with E-state index in [0.717, 1.165) is 18.5 Å². The summed E-state index contributed by atoms with van der Waals surface area (Å²) in [4.78, 5) is 12.2. The van der Waals surface area contributed by atoms with Crippen LogP contribution in [0.25, 0.3) is 0 Å². The SMILES string of the molecule is CNC1(CC(=O)Nc2cc(C(C)C)[nH]n2)CCCCC1. The van der Waals surface area contributed by atoms with Crippen molar-refractivity contribution in [3.63, 3.8) is 0 Å². The van der Waals surface area contributed by atoms with Crippen LogP contribution in [0.3, 0.4) is 0 Å². The molecule has 1 heterocycles. The van der Waals surface area contributed by atoms with Gasteiger partial charge < -0.3 is 10.6 Å². The van der Waals surface area contributed by atoms with E-state index in [2.05, 4.69) is 34.7 Å². The molecular formula is C15H26N4O. The van der Waals surface area contributed by atoms with Crippen molar-refractivity contribution in [3.05, 3.63) is 11.8 Å². The summed E-state index contributed by atoms with van der Waals surface area (Å²) in [6.07, 6.45) is 6.36. The zero-order chi connectivity index (χ0) is 14.6. The van der Waals surface area contributed by atoms with Gasteiger partial charge in [-0.25, -0.2) is 0 Å². The largest absolute Gasteiger partial charge is 0.314 e. The Morgan fingerprint density at radius 2 is 2.10 bits per heavy atom. The summed E-state index contributed by atoms with van der Waals surface area (Å²) < 4.78 is 0. The molecule has 1 aromatic heterocycles. The molecule has 1 aliphatic carbocycles. The molecule has 0 radical (unpaired) electrons. The van der Waals surface area contributed by atoms with Crippen LogP contribution in [0, 0.1) is 0 Å². The zero-order valence-corrected chi connectivity index (χ0v) is 12.8. The third-order valence-electron chi connectivity index (χ3n) is 4.33. The molecular weight excluding hydrogens is 252 g/mol. The summed E-state index contributed by atoms with van der Waals surface area (Å²) in [6.45, 7) is 4.19. The number of anilines is 1. The first-order chi connectivity index (χ1) is 9.54. The molecule has 20 heavy (non-hydrogen) atoms. The van der Waals surface area contributed by atoms with Gasteiger partial charge in [0, 0.05) is 23.7 Å². The number of carbonyl (C=O) groups is 1. The van der Waals surface area contributed by atoms with Crippen LogP contribution in [0.2, 0.25) is 0 Å². The maximum atomic E-state index is 12.2. The minimum atomic E-state index is -0.0283. The van der Waals surface area contributed by atoms with Crippen LogP contribution in [0.4, 0.5) is 5.82 Å². The van der Waals surface area contributed by atoms with Crippen LogP contribution in [-0.4, -0.2) is 28.7 Å². The summed E-state index contributed by atoms with van der Waals surface area (Å²) in [6, 6.07) is 1.91. The van der Waals surface area contributed by atoms with E-state index in [1.54, 1.807) is 0 Å². The summed E-state index contributed by atoms with van der Waals surface area (Å²) in [5.41, 5.74) is 1.01. The lowest BCUT2D eigenvalue weighted by Gasteiger charge is -2.36. The van der Waals surface area contributed by atoms with E-state index in [1.807, 2.05) is 13.1 Å². The van der Waals surface area contributed by atoms with Gasteiger partial charge >= 0.3 is 0 Å². The Balaban J connectivity index is 1.93. The minimum absolute atomic E-state index is 0.0283. The van der Waals surface area contributed by atoms with Crippen molar-refractivity contribution in [3.8, 4) is 0 Å². The predicted molar refractivity (Wildman–Crippen MR) is 80.8 cm³/mol. The van der Waals surface area contributed by atoms with E-state index in [4.69, 9.17) is 0 Å². The monoisotopic (exact) mass is 278 g/mol. The molecule has 112 valence electrons. The van der Waals surface area contributed by atoms with Crippen molar-refractivity contribution >= 4 is 11.7 Å².